The Balaban J connectivity index is 1.97. The zero-order chi connectivity index (χ0) is 14.7. The summed E-state index contributed by atoms with van der Waals surface area (Å²) in [6.45, 7) is 2.19. The molecule has 0 saturated heterocycles. The summed E-state index contributed by atoms with van der Waals surface area (Å²) in [4.78, 5) is 9.78. The molecule has 3 aromatic heterocycles. The lowest BCUT2D eigenvalue weighted by Gasteiger charge is -2.18. The maximum absolute atomic E-state index is 9.31. The average Bonchev–Trinajstić information content (AvgIpc) is 3.17. The number of hydrogen-bond donors (Lipinski definition) is 2. The number of aryl methyl sites for hydroxylation is 1. The molecule has 3 rings (SSSR count). The maximum Gasteiger partial charge on any atom is 0.254 e. The topological polar surface area (TPSA) is 75.3 Å². The Morgan fingerprint density at radius 2 is 2.38 bits per heavy atom. The Hall–Kier alpha value is -1.99. The van der Waals surface area contributed by atoms with Crippen molar-refractivity contribution in [2.75, 3.05) is 11.9 Å². The monoisotopic (exact) mass is 303 g/mol. The van der Waals surface area contributed by atoms with Crippen molar-refractivity contribution < 1.29 is 5.11 Å². The fraction of sp³-hybridized carbons (Fsp3) is 0.357. The van der Waals surface area contributed by atoms with Crippen LogP contribution >= 0.6 is 11.3 Å². The lowest BCUT2D eigenvalue weighted by atomic mass is 10.1. The van der Waals surface area contributed by atoms with Crippen LogP contribution in [0, 0.1) is 0 Å². The van der Waals surface area contributed by atoms with Crippen LogP contribution in [0.5, 0.6) is 0 Å². The van der Waals surface area contributed by atoms with Gasteiger partial charge >= 0.3 is 0 Å². The van der Waals surface area contributed by atoms with Gasteiger partial charge in [0.15, 0.2) is 0 Å². The van der Waals surface area contributed by atoms with Gasteiger partial charge < -0.3 is 10.4 Å². The molecule has 110 valence electrons. The van der Waals surface area contributed by atoms with Gasteiger partial charge in [0.05, 0.1) is 6.04 Å². The minimum absolute atomic E-state index is 0.0505. The van der Waals surface area contributed by atoms with Crippen molar-refractivity contribution in [3.63, 3.8) is 0 Å². The van der Waals surface area contributed by atoms with Crippen molar-refractivity contribution >= 4 is 22.9 Å². The minimum atomic E-state index is 0.0505. The van der Waals surface area contributed by atoms with E-state index in [1.54, 1.807) is 15.9 Å². The van der Waals surface area contributed by atoms with Crippen LogP contribution in [0.15, 0.2) is 29.9 Å². The van der Waals surface area contributed by atoms with Crippen molar-refractivity contribution in [3.05, 3.63) is 40.5 Å². The molecule has 1 atom stereocenters. The number of hydrogen-bond acceptors (Lipinski definition) is 6. The molecule has 0 aliphatic carbocycles. The molecule has 3 aromatic rings. The van der Waals surface area contributed by atoms with Crippen LogP contribution in [0.4, 0.5) is 5.82 Å². The van der Waals surface area contributed by atoms with Crippen molar-refractivity contribution in [3.8, 4) is 0 Å². The van der Waals surface area contributed by atoms with Crippen LogP contribution in [0.3, 0.4) is 0 Å². The van der Waals surface area contributed by atoms with Gasteiger partial charge in [-0.2, -0.15) is 14.6 Å². The Kier molecular flexibility index (Phi) is 4.12. The van der Waals surface area contributed by atoms with Gasteiger partial charge in [0.25, 0.3) is 5.78 Å². The smallest absolute Gasteiger partial charge is 0.254 e. The third-order valence-corrected chi connectivity index (χ3v) is 4.28. The summed E-state index contributed by atoms with van der Waals surface area (Å²) in [7, 11) is 0. The molecule has 7 heteroatoms. The predicted molar refractivity (Wildman–Crippen MR) is 82.5 cm³/mol. The largest absolute Gasteiger partial charge is 0.396 e. The number of aromatic nitrogens is 4. The highest BCUT2D eigenvalue weighted by Gasteiger charge is 2.15. The third kappa shape index (κ3) is 2.88. The number of anilines is 1. The standard InChI is InChI=1S/C14H17N5OS/c1-2-10-8-13(19-14(17-10)15-9-16-19)18-11(5-6-20)12-4-3-7-21-12/h3-4,7-9,11,18,20H,2,5-6H2,1H3. The average molecular weight is 303 g/mol. The summed E-state index contributed by atoms with van der Waals surface area (Å²) in [6.07, 6.45) is 2.97. The molecule has 0 aromatic carbocycles. The second-order valence-electron chi connectivity index (χ2n) is 4.68. The molecule has 0 aliphatic heterocycles. The van der Waals surface area contributed by atoms with E-state index >= 15 is 0 Å². The summed E-state index contributed by atoms with van der Waals surface area (Å²) in [5.41, 5.74) is 0.965. The van der Waals surface area contributed by atoms with Crippen LogP contribution in [0.2, 0.25) is 0 Å². The van der Waals surface area contributed by atoms with Gasteiger partial charge in [0.2, 0.25) is 0 Å². The molecule has 21 heavy (non-hydrogen) atoms. The Bertz CT molecular complexity index is 709. The summed E-state index contributed by atoms with van der Waals surface area (Å²) in [5, 5.41) is 19.0. The highest BCUT2D eigenvalue weighted by molar-refractivity contribution is 7.10. The highest BCUT2D eigenvalue weighted by Crippen LogP contribution is 2.26. The molecule has 0 radical (unpaired) electrons. The molecule has 0 amide bonds. The lowest BCUT2D eigenvalue weighted by Crippen LogP contribution is -2.15. The number of aliphatic hydroxyl groups is 1. The number of aliphatic hydroxyl groups excluding tert-OH is 1. The van der Waals surface area contributed by atoms with Crippen LogP contribution in [-0.4, -0.2) is 31.3 Å². The second kappa shape index (κ2) is 6.19. The van der Waals surface area contributed by atoms with E-state index in [2.05, 4.69) is 33.4 Å². The van der Waals surface area contributed by atoms with E-state index in [4.69, 9.17) is 0 Å². The highest BCUT2D eigenvalue weighted by atomic mass is 32.1. The minimum Gasteiger partial charge on any atom is -0.396 e. The molecule has 3 heterocycles. The van der Waals surface area contributed by atoms with Gasteiger partial charge in [0.1, 0.15) is 12.1 Å². The van der Waals surface area contributed by atoms with Crippen LogP contribution < -0.4 is 5.32 Å². The first-order valence-corrected chi connectivity index (χ1v) is 7.80. The third-order valence-electron chi connectivity index (χ3n) is 3.29. The quantitative estimate of drug-likeness (QED) is 0.730. The number of fused-ring (bicyclic) bond motifs is 1. The molecule has 6 nitrogen and oxygen atoms in total. The fourth-order valence-electron chi connectivity index (χ4n) is 2.23. The van der Waals surface area contributed by atoms with E-state index in [1.807, 2.05) is 17.5 Å². The van der Waals surface area contributed by atoms with Gasteiger partial charge in [-0.3, -0.25) is 0 Å². The van der Waals surface area contributed by atoms with Crippen molar-refractivity contribution in [2.24, 2.45) is 0 Å². The summed E-state index contributed by atoms with van der Waals surface area (Å²) >= 11 is 1.67. The zero-order valence-corrected chi connectivity index (χ0v) is 12.5. The lowest BCUT2D eigenvalue weighted by molar-refractivity contribution is 0.280. The molecule has 0 spiro atoms. The Morgan fingerprint density at radius 1 is 1.48 bits per heavy atom. The van der Waals surface area contributed by atoms with Gasteiger partial charge in [0, 0.05) is 23.2 Å². The van der Waals surface area contributed by atoms with E-state index in [-0.39, 0.29) is 12.6 Å². The van der Waals surface area contributed by atoms with Gasteiger partial charge in [-0.25, -0.2) is 4.98 Å². The molecule has 0 aliphatic rings. The van der Waals surface area contributed by atoms with E-state index < -0.39 is 0 Å². The van der Waals surface area contributed by atoms with Crippen LogP contribution in [-0.2, 0) is 6.42 Å². The van der Waals surface area contributed by atoms with Gasteiger partial charge in [-0.1, -0.05) is 13.0 Å². The van der Waals surface area contributed by atoms with Crippen molar-refractivity contribution in [2.45, 2.75) is 25.8 Å². The molecular formula is C14H17N5OS. The molecule has 0 bridgehead atoms. The molecule has 0 saturated carbocycles. The molecule has 1 unspecified atom stereocenters. The van der Waals surface area contributed by atoms with E-state index in [0.29, 0.717) is 12.2 Å². The number of thiophene rings is 1. The second-order valence-corrected chi connectivity index (χ2v) is 5.66. The normalized spacial score (nSPS) is 12.7. The van der Waals surface area contributed by atoms with Gasteiger partial charge in [-0.15, -0.1) is 11.3 Å². The Labute approximate surface area is 126 Å². The number of nitrogens with one attached hydrogen (secondary N) is 1. The fourth-order valence-corrected chi connectivity index (χ4v) is 3.04. The van der Waals surface area contributed by atoms with Crippen molar-refractivity contribution in [1.82, 2.24) is 19.6 Å². The van der Waals surface area contributed by atoms with E-state index in [9.17, 15) is 5.11 Å². The van der Waals surface area contributed by atoms with Crippen LogP contribution in [0.25, 0.3) is 5.78 Å². The molecule has 0 fully saturated rings. The number of nitrogens with zero attached hydrogens (tertiary/aromatic N) is 4. The van der Waals surface area contributed by atoms with Gasteiger partial charge in [-0.05, 0) is 24.3 Å². The maximum atomic E-state index is 9.31. The first-order chi connectivity index (χ1) is 10.3. The SMILES string of the molecule is CCc1cc(NC(CCO)c2cccs2)n2ncnc2n1. The molecular weight excluding hydrogens is 286 g/mol. The van der Waals surface area contributed by atoms with Crippen molar-refractivity contribution in [1.29, 1.82) is 0 Å². The number of rotatable bonds is 6. The molecule has 2 N–H and O–H groups in total. The summed E-state index contributed by atoms with van der Waals surface area (Å²) in [5.74, 6) is 1.44. The van der Waals surface area contributed by atoms with Crippen LogP contribution in [0.1, 0.15) is 30.0 Å². The van der Waals surface area contributed by atoms with E-state index in [1.165, 1.54) is 11.2 Å². The zero-order valence-electron chi connectivity index (χ0n) is 11.7. The summed E-state index contributed by atoms with van der Waals surface area (Å²) < 4.78 is 1.69. The first-order valence-electron chi connectivity index (χ1n) is 6.92. The Morgan fingerprint density at radius 3 is 3.10 bits per heavy atom. The van der Waals surface area contributed by atoms with E-state index in [0.717, 1.165) is 17.9 Å². The summed E-state index contributed by atoms with van der Waals surface area (Å²) in [6, 6.07) is 6.12. The first kappa shape index (κ1) is 14.0. The predicted octanol–water partition coefficient (Wildman–Crippen LogP) is 2.28.